The Morgan fingerprint density at radius 2 is 1.87 bits per heavy atom. The second kappa shape index (κ2) is 8.94. The van der Waals surface area contributed by atoms with Crippen LogP contribution < -0.4 is 11.1 Å². The lowest BCUT2D eigenvalue weighted by molar-refractivity contribution is -0.158. The first kappa shape index (κ1) is 22.3. The summed E-state index contributed by atoms with van der Waals surface area (Å²) in [6.45, 7) is 4.43. The Morgan fingerprint density at radius 3 is 2.55 bits per heavy atom. The molecule has 3 N–H and O–H groups in total. The van der Waals surface area contributed by atoms with Crippen LogP contribution in [0.5, 0.6) is 0 Å². The zero-order chi connectivity index (χ0) is 22.2. The molecule has 2 saturated carbocycles. The smallest absolute Gasteiger partial charge is 0.311 e. The minimum absolute atomic E-state index is 0.0868. The third-order valence-electron chi connectivity index (χ3n) is 7.04. The number of benzene rings is 1. The average molecular weight is 445 g/mol. The maximum absolute atomic E-state index is 13.0. The summed E-state index contributed by atoms with van der Waals surface area (Å²) < 4.78 is 5.28. The van der Waals surface area contributed by atoms with Crippen molar-refractivity contribution in [3.63, 3.8) is 0 Å². The molecule has 4 rings (SSSR count). The highest BCUT2D eigenvalue weighted by atomic mass is 32.2. The van der Waals surface area contributed by atoms with Gasteiger partial charge in [-0.25, -0.2) is 0 Å². The van der Waals surface area contributed by atoms with E-state index in [1.807, 2.05) is 32.0 Å². The molecule has 3 aliphatic rings. The summed E-state index contributed by atoms with van der Waals surface area (Å²) in [5.41, 5.74) is 6.78. The van der Waals surface area contributed by atoms with E-state index in [-0.39, 0.29) is 22.9 Å². The molecule has 1 amide bonds. The molecule has 1 saturated heterocycles. The first-order valence-corrected chi connectivity index (χ1v) is 12.2. The predicted octanol–water partition coefficient (Wildman–Crippen LogP) is 3.00. The van der Waals surface area contributed by atoms with Gasteiger partial charge in [0.05, 0.1) is 12.5 Å². The van der Waals surface area contributed by atoms with Gasteiger partial charge in [0, 0.05) is 15.9 Å². The molecular weight excluding hydrogens is 412 g/mol. The second-order valence-corrected chi connectivity index (χ2v) is 11.4. The van der Waals surface area contributed by atoms with Crippen LogP contribution in [0.1, 0.15) is 57.6 Å². The van der Waals surface area contributed by atoms with Crippen LogP contribution in [0, 0.1) is 17.8 Å². The molecule has 1 aromatic rings. The Bertz CT molecular complexity index is 837. The quantitative estimate of drug-likeness (QED) is 0.655. The van der Waals surface area contributed by atoms with E-state index in [2.05, 4.69) is 5.32 Å². The summed E-state index contributed by atoms with van der Waals surface area (Å²) in [5, 5.41) is 2.71. The number of rotatable bonds is 6. The number of carbonyl (C=O) groups excluding carboxylic acids is 3. The molecule has 2 aliphatic carbocycles. The van der Waals surface area contributed by atoms with Crippen molar-refractivity contribution >= 4 is 29.4 Å². The minimum atomic E-state index is -0.830. The van der Waals surface area contributed by atoms with Crippen LogP contribution in [0.4, 0.5) is 0 Å². The number of ether oxygens (including phenoxy) is 1. The number of carbonyl (C=O) groups is 3. The lowest BCUT2D eigenvalue weighted by atomic mass is 9.67. The normalized spacial score (nSPS) is 30.7. The SMILES string of the molecule is CC1(C)S[C@H]2C(C(=O)[C@H]2NC(=O)[C@H](N)c2ccccc2)[C@H]1C(=O)OCC1CCCCC1. The number of hydrogen-bond acceptors (Lipinski definition) is 6. The third-order valence-corrected chi connectivity index (χ3v) is 8.74. The highest BCUT2D eigenvalue weighted by molar-refractivity contribution is 8.01. The van der Waals surface area contributed by atoms with Crippen LogP contribution in [0.15, 0.2) is 30.3 Å². The van der Waals surface area contributed by atoms with Crippen molar-refractivity contribution in [2.75, 3.05) is 6.61 Å². The fourth-order valence-electron chi connectivity index (χ4n) is 5.25. The van der Waals surface area contributed by atoms with Crippen LogP contribution in [0.25, 0.3) is 0 Å². The Kier molecular flexibility index (Phi) is 6.44. The highest BCUT2D eigenvalue weighted by Gasteiger charge is 2.66. The fourth-order valence-corrected chi connectivity index (χ4v) is 7.12. The van der Waals surface area contributed by atoms with Crippen molar-refractivity contribution in [2.45, 2.75) is 68.0 Å². The summed E-state index contributed by atoms with van der Waals surface area (Å²) >= 11 is 1.60. The number of fused-ring (bicyclic) bond motifs is 1. The van der Waals surface area contributed by atoms with Crippen LogP contribution >= 0.6 is 11.8 Å². The molecule has 1 unspecified atom stereocenters. The number of nitrogens with two attached hydrogens (primary N) is 1. The van der Waals surface area contributed by atoms with Crippen molar-refractivity contribution < 1.29 is 19.1 Å². The van der Waals surface area contributed by atoms with E-state index in [1.54, 1.807) is 23.9 Å². The molecule has 6 nitrogen and oxygen atoms in total. The van der Waals surface area contributed by atoms with Crippen molar-refractivity contribution in [3.05, 3.63) is 35.9 Å². The molecule has 0 bridgehead atoms. The molecule has 7 heteroatoms. The van der Waals surface area contributed by atoms with Gasteiger partial charge in [0.2, 0.25) is 5.91 Å². The molecule has 168 valence electrons. The molecule has 0 radical (unpaired) electrons. The predicted molar refractivity (Wildman–Crippen MR) is 120 cm³/mol. The average Bonchev–Trinajstić information content (AvgIpc) is 3.04. The Hall–Kier alpha value is -1.86. The van der Waals surface area contributed by atoms with E-state index in [9.17, 15) is 14.4 Å². The van der Waals surface area contributed by atoms with E-state index in [4.69, 9.17) is 10.5 Å². The van der Waals surface area contributed by atoms with Gasteiger partial charge in [0.1, 0.15) is 12.1 Å². The van der Waals surface area contributed by atoms with E-state index < -0.39 is 28.7 Å². The molecule has 3 fully saturated rings. The Labute approximate surface area is 188 Å². The maximum Gasteiger partial charge on any atom is 0.311 e. The zero-order valence-electron chi connectivity index (χ0n) is 18.2. The number of thioether (sulfide) groups is 1. The van der Waals surface area contributed by atoms with Gasteiger partial charge >= 0.3 is 5.97 Å². The van der Waals surface area contributed by atoms with Crippen molar-refractivity contribution in [2.24, 2.45) is 23.5 Å². The van der Waals surface area contributed by atoms with Crippen LogP contribution in [0.2, 0.25) is 0 Å². The monoisotopic (exact) mass is 444 g/mol. The number of amides is 1. The van der Waals surface area contributed by atoms with Gasteiger partial charge in [-0.2, -0.15) is 0 Å². The van der Waals surface area contributed by atoms with E-state index in [1.165, 1.54) is 19.3 Å². The van der Waals surface area contributed by atoms with Crippen LogP contribution in [0.3, 0.4) is 0 Å². The first-order valence-electron chi connectivity index (χ1n) is 11.3. The lowest BCUT2D eigenvalue weighted by Crippen LogP contribution is -2.64. The van der Waals surface area contributed by atoms with Crippen molar-refractivity contribution in [3.8, 4) is 0 Å². The zero-order valence-corrected chi connectivity index (χ0v) is 19.0. The number of esters is 1. The summed E-state index contributed by atoms with van der Waals surface area (Å²) in [6.07, 6.45) is 5.87. The molecule has 0 spiro atoms. The van der Waals surface area contributed by atoms with Gasteiger partial charge in [-0.3, -0.25) is 14.4 Å². The number of nitrogens with one attached hydrogen (secondary N) is 1. The van der Waals surface area contributed by atoms with Crippen molar-refractivity contribution in [1.29, 1.82) is 0 Å². The molecule has 0 aromatic heterocycles. The largest absolute Gasteiger partial charge is 0.465 e. The van der Waals surface area contributed by atoms with Gasteiger partial charge in [0.15, 0.2) is 5.78 Å². The molecule has 1 aromatic carbocycles. The van der Waals surface area contributed by atoms with Gasteiger partial charge in [-0.15, -0.1) is 11.8 Å². The van der Waals surface area contributed by atoms with Gasteiger partial charge in [0.25, 0.3) is 0 Å². The van der Waals surface area contributed by atoms with Gasteiger partial charge < -0.3 is 15.8 Å². The first-order chi connectivity index (χ1) is 14.8. The molecule has 1 heterocycles. The molecule has 1 aliphatic heterocycles. The highest BCUT2D eigenvalue weighted by Crippen LogP contribution is 2.58. The minimum Gasteiger partial charge on any atom is -0.465 e. The van der Waals surface area contributed by atoms with Crippen LogP contribution in [-0.2, 0) is 19.1 Å². The van der Waals surface area contributed by atoms with Crippen molar-refractivity contribution in [1.82, 2.24) is 5.32 Å². The van der Waals surface area contributed by atoms with E-state index in [0.717, 1.165) is 12.8 Å². The summed E-state index contributed by atoms with van der Waals surface area (Å²) in [7, 11) is 0. The third kappa shape index (κ3) is 4.40. The lowest BCUT2D eigenvalue weighted by Gasteiger charge is -2.40. The van der Waals surface area contributed by atoms with Gasteiger partial charge in [-0.05, 0) is 38.2 Å². The Balaban J connectivity index is 1.37. The maximum atomic E-state index is 13.0. The molecular formula is C24H32N2O4S. The van der Waals surface area contributed by atoms with Gasteiger partial charge in [-0.1, -0.05) is 49.6 Å². The molecule has 5 atom stereocenters. The fraction of sp³-hybridized carbons (Fsp3) is 0.625. The number of Topliss-reactive ketones (excluding diaryl/α,β-unsaturated/α-hetero) is 1. The van der Waals surface area contributed by atoms with E-state index >= 15 is 0 Å². The summed E-state index contributed by atoms with van der Waals surface area (Å²) in [4.78, 5) is 38.6. The number of ketones is 1. The second-order valence-electron chi connectivity index (χ2n) is 9.60. The number of hydrogen-bond donors (Lipinski definition) is 2. The topological polar surface area (TPSA) is 98.5 Å². The summed E-state index contributed by atoms with van der Waals surface area (Å²) in [6, 6.07) is 7.66. The summed E-state index contributed by atoms with van der Waals surface area (Å²) in [5.74, 6) is -1.17. The molecule has 31 heavy (non-hydrogen) atoms. The standard InChI is InChI=1S/C24H32N2O4S/c1-24(2)17(23(29)30-13-14-9-5-3-6-10-14)16-20(27)19(21(16)31-24)26-22(28)18(25)15-11-7-4-8-12-15/h4,7-8,11-12,14,16-19,21H,3,5-6,9-10,13,25H2,1-2H3,(H,26,28)/t16?,17-,18+,19+,21-/m0/s1. The van der Waals surface area contributed by atoms with Crippen LogP contribution in [-0.4, -0.2) is 40.3 Å². The van der Waals surface area contributed by atoms with E-state index in [0.29, 0.717) is 18.1 Å². The Morgan fingerprint density at radius 1 is 1.19 bits per heavy atom.